The molecule has 0 radical (unpaired) electrons. The van der Waals surface area contributed by atoms with Crippen molar-refractivity contribution in [3.8, 4) is 11.3 Å². The van der Waals surface area contributed by atoms with E-state index in [1.807, 2.05) is 0 Å². The standard InChI is InChI=1S/C56H40N2OS/c1-60(2)54-34-30-41(57(39-17-5-3-6-18-39)51-25-13-23-45-43-21-11-9-15-37(43)27-31-47(45)51)35-50(54)55-56(60)49-33-29-42(36-53(49)59-55)58(40-19-7-4-8-20-40)52-26-14-24-46-44-22-12-10-16-38(44)28-32-48(46)52/h3-36H,1-2H3. The van der Waals surface area contributed by atoms with Crippen LogP contribution >= 0.6 is 10.0 Å². The molecule has 4 heteroatoms. The summed E-state index contributed by atoms with van der Waals surface area (Å²) in [4.78, 5) is 7.46. The molecule has 0 unspecified atom stereocenters. The largest absolute Gasteiger partial charge is 0.455 e. The van der Waals surface area contributed by atoms with Crippen LogP contribution < -0.4 is 9.80 Å². The lowest BCUT2D eigenvalue weighted by atomic mass is 9.99. The molecule has 11 aromatic rings. The molecule has 1 aliphatic heterocycles. The Labute approximate surface area is 350 Å². The number of furan rings is 1. The Hall–Kier alpha value is -7.27. The van der Waals surface area contributed by atoms with E-state index in [4.69, 9.17) is 4.42 Å². The van der Waals surface area contributed by atoms with Crippen LogP contribution in [0, 0.1) is 0 Å². The second-order valence-electron chi connectivity index (χ2n) is 16.1. The minimum atomic E-state index is -1.39. The first-order valence-corrected chi connectivity index (χ1v) is 22.9. The molecule has 0 bridgehead atoms. The van der Waals surface area contributed by atoms with Crippen molar-refractivity contribution in [2.75, 3.05) is 22.3 Å². The Kier molecular flexibility index (Phi) is 7.75. The van der Waals surface area contributed by atoms with Gasteiger partial charge < -0.3 is 14.2 Å². The van der Waals surface area contributed by atoms with Gasteiger partial charge >= 0.3 is 0 Å². The quantitative estimate of drug-likeness (QED) is 0.157. The average molecular weight is 789 g/mol. The smallest absolute Gasteiger partial charge is 0.148 e. The van der Waals surface area contributed by atoms with Gasteiger partial charge in [0.25, 0.3) is 0 Å². The molecule has 10 aromatic carbocycles. The van der Waals surface area contributed by atoms with Gasteiger partial charge in [0.1, 0.15) is 11.3 Å². The lowest BCUT2D eigenvalue weighted by molar-refractivity contribution is 0.625. The van der Waals surface area contributed by atoms with E-state index in [0.29, 0.717) is 0 Å². The summed E-state index contributed by atoms with van der Waals surface area (Å²) in [6.45, 7) is 0. The average Bonchev–Trinajstić information content (AvgIpc) is 3.79. The van der Waals surface area contributed by atoms with E-state index in [2.05, 4.69) is 229 Å². The molecule has 1 aliphatic rings. The fraction of sp³-hybridized carbons (Fsp3) is 0.0357. The maximum atomic E-state index is 7.12. The monoisotopic (exact) mass is 788 g/mol. The lowest BCUT2D eigenvalue weighted by Crippen LogP contribution is -2.10. The summed E-state index contributed by atoms with van der Waals surface area (Å²) in [5, 5.41) is 11.1. The van der Waals surface area contributed by atoms with Crippen molar-refractivity contribution in [1.29, 1.82) is 0 Å². The van der Waals surface area contributed by atoms with Gasteiger partial charge in [0.05, 0.1) is 11.4 Å². The number of fused-ring (bicyclic) bond motifs is 11. The zero-order chi connectivity index (χ0) is 40.0. The van der Waals surface area contributed by atoms with Crippen LogP contribution in [-0.4, -0.2) is 12.5 Å². The molecule has 12 rings (SSSR count). The molecule has 0 spiro atoms. The van der Waals surface area contributed by atoms with E-state index in [0.717, 1.165) is 45.5 Å². The highest BCUT2D eigenvalue weighted by Gasteiger charge is 2.38. The van der Waals surface area contributed by atoms with Crippen molar-refractivity contribution < 1.29 is 4.42 Å². The van der Waals surface area contributed by atoms with E-state index in [-0.39, 0.29) is 0 Å². The normalized spacial score (nSPS) is 13.5. The van der Waals surface area contributed by atoms with Gasteiger partial charge in [0, 0.05) is 60.3 Å². The summed E-state index contributed by atoms with van der Waals surface area (Å²) >= 11 is 0. The first kappa shape index (κ1) is 34.7. The lowest BCUT2D eigenvalue weighted by Gasteiger charge is -2.30. The van der Waals surface area contributed by atoms with Crippen molar-refractivity contribution in [3.05, 3.63) is 206 Å². The molecule has 286 valence electrons. The molecule has 0 N–H and O–H groups in total. The number of benzene rings is 10. The molecule has 0 atom stereocenters. The highest BCUT2D eigenvalue weighted by atomic mass is 32.3. The zero-order valence-electron chi connectivity index (χ0n) is 33.3. The predicted molar refractivity (Wildman–Crippen MR) is 257 cm³/mol. The fourth-order valence-electron chi connectivity index (χ4n) is 9.72. The van der Waals surface area contributed by atoms with E-state index in [1.54, 1.807) is 0 Å². The zero-order valence-corrected chi connectivity index (χ0v) is 34.2. The molecular formula is C56H40N2OS. The summed E-state index contributed by atoms with van der Waals surface area (Å²) in [7, 11) is -1.39. The summed E-state index contributed by atoms with van der Waals surface area (Å²) in [5.74, 6) is 0.985. The molecule has 0 saturated carbocycles. The third-order valence-electron chi connectivity index (χ3n) is 12.5. The van der Waals surface area contributed by atoms with Gasteiger partial charge in [-0.1, -0.05) is 133 Å². The Balaban J connectivity index is 1.02. The molecule has 1 aromatic heterocycles. The van der Waals surface area contributed by atoms with Crippen molar-refractivity contribution in [2.24, 2.45) is 0 Å². The van der Waals surface area contributed by atoms with Crippen molar-refractivity contribution >= 4 is 98.2 Å². The topological polar surface area (TPSA) is 19.6 Å². The third-order valence-corrected chi connectivity index (χ3v) is 15.3. The molecule has 3 nitrogen and oxygen atoms in total. The first-order chi connectivity index (χ1) is 29.5. The van der Waals surface area contributed by atoms with Gasteiger partial charge in [-0.25, -0.2) is 0 Å². The summed E-state index contributed by atoms with van der Waals surface area (Å²) in [6, 6.07) is 74.9. The predicted octanol–water partition coefficient (Wildman–Crippen LogP) is 16.4. The van der Waals surface area contributed by atoms with Gasteiger partial charge in [0.15, 0.2) is 0 Å². The minimum Gasteiger partial charge on any atom is -0.455 e. The van der Waals surface area contributed by atoms with Gasteiger partial charge in [-0.05, 0) is 112 Å². The molecule has 0 aliphatic carbocycles. The molecule has 60 heavy (non-hydrogen) atoms. The van der Waals surface area contributed by atoms with Crippen LogP contribution in [0.25, 0.3) is 65.4 Å². The van der Waals surface area contributed by atoms with Crippen LogP contribution in [0.15, 0.2) is 220 Å². The second-order valence-corrected chi connectivity index (χ2v) is 19.6. The molecule has 2 heterocycles. The van der Waals surface area contributed by atoms with Crippen LogP contribution in [0.4, 0.5) is 34.1 Å². The van der Waals surface area contributed by atoms with Gasteiger partial charge in [-0.2, -0.15) is 10.0 Å². The number of nitrogens with zero attached hydrogens (tertiary/aromatic N) is 2. The molecule has 0 fully saturated rings. The summed E-state index contributed by atoms with van der Waals surface area (Å²) < 4.78 is 7.12. The highest BCUT2D eigenvalue weighted by Crippen LogP contribution is 2.70. The summed E-state index contributed by atoms with van der Waals surface area (Å²) in [5.41, 5.74) is 8.72. The van der Waals surface area contributed by atoms with Gasteiger partial charge in [-0.15, -0.1) is 0 Å². The number of para-hydroxylation sites is 2. The maximum absolute atomic E-state index is 7.12. The van der Waals surface area contributed by atoms with E-state index in [1.165, 1.54) is 63.8 Å². The molecular weight excluding hydrogens is 749 g/mol. The minimum absolute atomic E-state index is 0.904. The highest BCUT2D eigenvalue weighted by molar-refractivity contribution is 8.33. The number of rotatable bonds is 6. The van der Waals surface area contributed by atoms with Crippen molar-refractivity contribution in [2.45, 2.75) is 9.79 Å². The first-order valence-electron chi connectivity index (χ1n) is 20.5. The Morgan fingerprint density at radius 2 is 0.850 bits per heavy atom. The van der Waals surface area contributed by atoms with Crippen molar-refractivity contribution in [1.82, 2.24) is 0 Å². The fourth-order valence-corrected chi connectivity index (χ4v) is 12.4. The van der Waals surface area contributed by atoms with E-state index < -0.39 is 10.0 Å². The second kappa shape index (κ2) is 13.4. The van der Waals surface area contributed by atoms with E-state index in [9.17, 15) is 0 Å². The Morgan fingerprint density at radius 1 is 0.367 bits per heavy atom. The van der Waals surface area contributed by atoms with Crippen LogP contribution in [0.2, 0.25) is 0 Å². The van der Waals surface area contributed by atoms with Crippen LogP contribution in [0.5, 0.6) is 0 Å². The van der Waals surface area contributed by atoms with Crippen molar-refractivity contribution in [3.63, 3.8) is 0 Å². The number of hydrogen-bond donors (Lipinski definition) is 0. The molecule has 0 amide bonds. The van der Waals surface area contributed by atoms with Gasteiger partial charge in [0.2, 0.25) is 0 Å². The SMILES string of the molecule is CS1(C)c2ccc(N(c3ccccc3)c3cccc4c3ccc3ccccc34)cc2-c2oc3cc(N(c4ccccc4)c4cccc5c4ccc4ccccc45)ccc3c21. The van der Waals surface area contributed by atoms with E-state index >= 15 is 0 Å². The Bertz CT molecular complexity index is 3480. The molecule has 0 saturated heterocycles. The van der Waals surface area contributed by atoms with Crippen LogP contribution in [0.3, 0.4) is 0 Å². The van der Waals surface area contributed by atoms with Gasteiger partial charge in [-0.3, -0.25) is 0 Å². The summed E-state index contributed by atoms with van der Waals surface area (Å²) in [6.07, 6.45) is 4.84. The van der Waals surface area contributed by atoms with Crippen LogP contribution in [0.1, 0.15) is 0 Å². The number of hydrogen-bond acceptors (Lipinski definition) is 3. The Morgan fingerprint density at radius 3 is 1.43 bits per heavy atom. The maximum Gasteiger partial charge on any atom is 0.148 e. The van der Waals surface area contributed by atoms with Crippen LogP contribution in [-0.2, 0) is 0 Å². The third kappa shape index (κ3) is 5.24. The number of anilines is 6.